The van der Waals surface area contributed by atoms with Crippen LogP contribution in [0.2, 0.25) is 0 Å². The van der Waals surface area contributed by atoms with Gasteiger partial charge in [-0.15, -0.1) is 0 Å². The van der Waals surface area contributed by atoms with Gasteiger partial charge in [-0.2, -0.15) is 0 Å². The van der Waals surface area contributed by atoms with E-state index in [0.29, 0.717) is 12.0 Å². The summed E-state index contributed by atoms with van der Waals surface area (Å²) in [5, 5.41) is 0. The lowest BCUT2D eigenvalue weighted by Gasteiger charge is -2.18. The highest BCUT2D eigenvalue weighted by molar-refractivity contribution is 9.10. The van der Waals surface area contributed by atoms with Gasteiger partial charge in [0.1, 0.15) is 19.0 Å². The minimum absolute atomic E-state index is 0.105. The molecular weight excluding hydrogens is 331 g/mol. The molecule has 0 heterocycles. The largest absolute Gasteiger partial charge is 0.483 e. The first-order chi connectivity index (χ1) is 9.47. The van der Waals surface area contributed by atoms with Crippen LogP contribution < -0.4 is 4.74 Å². The quantitative estimate of drug-likeness (QED) is 0.561. The number of halogens is 2. The molecule has 0 radical (unpaired) electrons. The molecule has 1 rings (SSSR count). The third-order valence-electron chi connectivity index (χ3n) is 2.50. The van der Waals surface area contributed by atoms with E-state index in [1.807, 2.05) is 0 Å². The summed E-state index contributed by atoms with van der Waals surface area (Å²) in [7, 11) is 0. The first-order valence-electron chi connectivity index (χ1n) is 6.16. The van der Waals surface area contributed by atoms with E-state index in [2.05, 4.69) is 15.9 Å². The summed E-state index contributed by atoms with van der Waals surface area (Å²) in [6, 6.07) is 4.91. The van der Waals surface area contributed by atoms with Crippen LogP contribution in [0.15, 0.2) is 22.7 Å². The van der Waals surface area contributed by atoms with Crippen LogP contribution in [-0.4, -0.2) is 31.1 Å². The molecule has 0 aliphatic rings. The number of carbonyl (C=O) groups is 2. The molecule has 0 aromatic heterocycles. The van der Waals surface area contributed by atoms with Crippen LogP contribution in [0.25, 0.3) is 0 Å². The van der Waals surface area contributed by atoms with Crippen molar-refractivity contribution in [2.75, 3.05) is 13.3 Å². The zero-order valence-corrected chi connectivity index (χ0v) is 12.9. The normalized spacial score (nSPS) is 11.8. The van der Waals surface area contributed by atoms with Crippen LogP contribution >= 0.6 is 15.9 Å². The Kier molecular flexibility index (Phi) is 6.64. The van der Waals surface area contributed by atoms with E-state index in [1.54, 1.807) is 25.1 Å². The van der Waals surface area contributed by atoms with Crippen molar-refractivity contribution >= 4 is 27.7 Å². The summed E-state index contributed by atoms with van der Waals surface area (Å²) < 4.78 is 23.8. The van der Waals surface area contributed by atoms with Crippen molar-refractivity contribution in [2.24, 2.45) is 0 Å². The van der Waals surface area contributed by atoms with Crippen molar-refractivity contribution in [3.8, 4) is 5.75 Å². The molecule has 0 fully saturated rings. The predicted octanol–water partition coefficient (Wildman–Crippen LogP) is 3.32. The van der Waals surface area contributed by atoms with Gasteiger partial charge >= 0.3 is 5.97 Å². The Morgan fingerprint density at radius 3 is 2.65 bits per heavy atom. The molecule has 0 bridgehead atoms. The second-order valence-electron chi connectivity index (χ2n) is 4.11. The van der Waals surface area contributed by atoms with E-state index < -0.39 is 18.7 Å². The van der Waals surface area contributed by atoms with E-state index >= 15 is 0 Å². The molecule has 20 heavy (non-hydrogen) atoms. The molecule has 110 valence electrons. The Morgan fingerprint density at radius 2 is 2.10 bits per heavy atom. The minimum Gasteiger partial charge on any atom is -0.483 e. The lowest BCUT2D eigenvalue weighted by atomic mass is 10.1. The van der Waals surface area contributed by atoms with Crippen molar-refractivity contribution in [2.45, 2.75) is 26.4 Å². The number of benzene rings is 1. The van der Waals surface area contributed by atoms with Gasteiger partial charge in [0, 0.05) is 17.8 Å². The molecule has 0 amide bonds. The van der Waals surface area contributed by atoms with E-state index in [-0.39, 0.29) is 18.1 Å². The third kappa shape index (κ3) is 4.92. The highest BCUT2D eigenvalue weighted by atomic mass is 79.9. The molecule has 0 aliphatic carbocycles. The highest BCUT2D eigenvalue weighted by Gasteiger charge is 2.17. The molecule has 1 unspecified atom stereocenters. The zero-order valence-electron chi connectivity index (χ0n) is 11.3. The number of ketones is 1. The Morgan fingerprint density at radius 1 is 1.40 bits per heavy atom. The van der Waals surface area contributed by atoms with Gasteiger partial charge in [-0.1, -0.05) is 22.9 Å². The Balaban J connectivity index is 2.89. The van der Waals surface area contributed by atoms with E-state index in [9.17, 15) is 14.0 Å². The van der Waals surface area contributed by atoms with Gasteiger partial charge in [-0.25, -0.2) is 4.39 Å². The van der Waals surface area contributed by atoms with E-state index in [0.717, 1.165) is 4.47 Å². The molecule has 1 atom stereocenters. The van der Waals surface area contributed by atoms with Crippen LogP contribution in [0.1, 0.15) is 30.6 Å². The summed E-state index contributed by atoms with van der Waals surface area (Å²) in [5.41, 5.74) is 0.378. The summed E-state index contributed by atoms with van der Waals surface area (Å²) in [4.78, 5) is 22.6. The predicted molar refractivity (Wildman–Crippen MR) is 75.8 cm³/mol. The number of esters is 1. The van der Waals surface area contributed by atoms with Gasteiger partial charge < -0.3 is 9.47 Å². The van der Waals surface area contributed by atoms with Crippen LogP contribution in [-0.2, 0) is 9.53 Å². The first kappa shape index (κ1) is 16.6. The highest BCUT2D eigenvalue weighted by Crippen LogP contribution is 2.25. The third-order valence-corrected chi connectivity index (χ3v) is 2.99. The number of Topliss-reactive ketones (excluding diaryl/α,β-unsaturated/α-hetero) is 1. The monoisotopic (exact) mass is 346 g/mol. The molecule has 0 saturated carbocycles. The number of carbonyl (C=O) groups excluding carboxylic acids is 2. The van der Waals surface area contributed by atoms with Crippen molar-refractivity contribution in [1.82, 2.24) is 0 Å². The fraction of sp³-hybridized carbons (Fsp3) is 0.429. The Hall–Kier alpha value is -1.43. The number of rotatable bonds is 7. The van der Waals surface area contributed by atoms with Gasteiger partial charge in [0.2, 0.25) is 0 Å². The maximum atomic E-state index is 12.9. The molecule has 1 aromatic rings. The van der Waals surface area contributed by atoms with Gasteiger partial charge in [0.05, 0.1) is 5.56 Å². The lowest BCUT2D eigenvalue weighted by molar-refractivity contribution is -0.143. The fourth-order valence-electron chi connectivity index (χ4n) is 1.51. The number of hydrogen-bond donors (Lipinski definition) is 0. The molecule has 0 saturated heterocycles. The lowest BCUT2D eigenvalue weighted by Crippen LogP contribution is -2.27. The van der Waals surface area contributed by atoms with Crippen LogP contribution in [0.3, 0.4) is 0 Å². The van der Waals surface area contributed by atoms with Gasteiger partial charge in [-0.3, -0.25) is 9.59 Å². The summed E-state index contributed by atoms with van der Waals surface area (Å²) in [5.74, 6) is -0.325. The maximum absolute atomic E-state index is 12.9. The number of ether oxygens (including phenoxy) is 2. The first-order valence-corrected chi connectivity index (χ1v) is 6.96. The topological polar surface area (TPSA) is 52.6 Å². The molecular formula is C14H16BrFO4. The van der Waals surface area contributed by atoms with Crippen LogP contribution in [0, 0.1) is 0 Å². The minimum atomic E-state index is -0.927. The summed E-state index contributed by atoms with van der Waals surface area (Å²) in [6.45, 7) is 1.96. The molecule has 6 heteroatoms. The van der Waals surface area contributed by atoms with Crippen molar-refractivity contribution in [3.05, 3.63) is 28.2 Å². The molecule has 0 spiro atoms. The van der Waals surface area contributed by atoms with Gasteiger partial charge in [0.15, 0.2) is 11.9 Å². The Bertz CT molecular complexity index is 490. The second-order valence-corrected chi connectivity index (χ2v) is 5.03. The van der Waals surface area contributed by atoms with Crippen molar-refractivity contribution < 1.29 is 23.5 Å². The SMILES string of the molecule is CCC(=O)c1cc(Br)ccc1OC(CF)COC(C)=O. The molecule has 4 nitrogen and oxygen atoms in total. The standard InChI is InChI=1S/C14H16BrFO4/c1-3-13(18)12-6-10(15)4-5-14(12)20-11(7-16)8-19-9(2)17/h4-6,11H,3,7-8H2,1-2H3. The van der Waals surface area contributed by atoms with Crippen LogP contribution in [0.4, 0.5) is 4.39 Å². The van der Waals surface area contributed by atoms with Crippen molar-refractivity contribution in [1.29, 1.82) is 0 Å². The average Bonchev–Trinajstić information content (AvgIpc) is 2.43. The zero-order chi connectivity index (χ0) is 15.1. The van der Waals surface area contributed by atoms with Crippen molar-refractivity contribution in [3.63, 3.8) is 0 Å². The molecule has 0 aliphatic heterocycles. The fourth-order valence-corrected chi connectivity index (χ4v) is 1.87. The van der Waals surface area contributed by atoms with Gasteiger partial charge in [0.25, 0.3) is 0 Å². The average molecular weight is 347 g/mol. The van der Waals surface area contributed by atoms with Gasteiger partial charge in [-0.05, 0) is 18.2 Å². The maximum Gasteiger partial charge on any atom is 0.302 e. The van der Waals surface area contributed by atoms with E-state index in [1.165, 1.54) is 6.92 Å². The number of alkyl halides is 1. The summed E-state index contributed by atoms with van der Waals surface area (Å²) in [6.07, 6.45) is -0.611. The molecule has 0 N–H and O–H groups in total. The van der Waals surface area contributed by atoms with Crippen LogP contribution in [0.5, 0.6) is 5.75 Å². The number of hydrogen-bond acceptors (Lipinski definition) is 4. The smallest absolute Gasteiger partial charge is 0.302 e. The summed E-state index contributed by atoms with van der Waals surface area (Å²) >= 11 is 3.28. The Labute approximate surface area is 125 Å². The second kappa shape index (κ2) is 7.99. The van der Waals surface area contributed by atoms with E-state index in [4.69, 9.17) is 9.47 Å². The molecule has 1 aromatic carbocycles.